The zero-order valence-electron chi connectivity index (χ0n) is 19.6. The van der Waals surface area contributed by atoms with Crippen LogP contribution in [0.1, 0.15) is 36.8 Å². The second-order valence-electron chi connectivity index (χ2n) is 9.30. The number of hydrogen-bond donors (Lipinski definition) is 0. The molecule has 0 radical (unpaired) electrons. The summed E-state index contributed by atoms with van der Waals surface area (Å²) >= 11 is 0. The van der Waals surface area contributed by atoms with Crippen LogP contribution in [0.3, 0.4) is 0 Å². The molecular weight excluding hydrogens is 501 g/mol. The lowest BCUT2D eigenvalue weighted by Gasteiger charge is -2.35. The van der Waals surface area contributed by atoms with Gasteiger partial charge in [-0.05, 0) is 37.5 Å². The van der Waals surface area contributed by atoms with Gasteiger partial charge in [-0.1, -0.05) is 12.8 Å². The van der Waals surface area contributed by atoms with Crippen LogP contribution < -0.4 is 4.74 Å². The summed E-state index contributed by atoms with van der Waals surface area (Å²) in [5.74, 6) is -0.0852. The van der Waals surface area contributed by atoms with Gasteiger partial charge in [-0.15, -0.1) is 0 Å². The lowest BCUT2D eigenvalue weighted by molar-refractivity contribution is -0.308. The lowest BCUT2D eigenvalue weighted by atomic mass is 9.89. The molecule has 0 unspecified atom stereocenters. The second-order valence-corrected chi connectivity index (χ2v) is 9.30. The molecule has 1 amide bonds. The largest absolute Gasteiger partial charge is 0.492 e. The van der Waals surface area contributed by atoms with Crippen molar-refractivity contribution in [3.8, 4) is 5.75 Å². The number of halogens is 7. The van der Waals surface area contributed by atoms with E-state index in [9.17, 15) is 40.3 Å². The van der Waals surface area contributed by atoms with Gasteiger partial charge in [0.15, 0.2) is 0 Å². The van der Waals surface area contributed by atoms with E-state index in [1.807, 2.05) is 0 Å². The minimum atomic E-state index is -5.79. The van der Waals surface area contributed by atoms with Gasteiger partial charge in [0, 0.05) is 38.3 Å². The number of rotatable bonds is 7. The third-order valence-corrected chi connectivity index (χ3v) is 6.51. The van der Waals surface area contributed by atoms with Crippen LogP contribution in [0.5, 0.6) is 5.75 Å². The van der Waals surface area contributed by atoms with E-state index in [0.717, 1.165) is 24.0 Å². The first-order valence-electron chi connectivity index (χ1n) is 11.4. The summed E-state index contributed by atoms with van der Waals surface area (Å²) < 4.78 is 99.9. The topological polar surface area (TPSA) is 59.1 Å². The molecule has 36 heavy (non-hydrogen) atoms. The summed E-state index contributed by atoms with van der Waals surface area (Å²) in [5.41, 5.74) is 0.419. The van der Waals surface area contributed by atoms with Crippen molar-refractivity contribution in [1.82, 2.24) is 9.80 Å². The van der Waals surface area contributed by atoms with E-state index in [-0.39, 0.29) is 39.3 Å². The first-order chi connectivity index (χ1) is 16.7. The van der Waals surface area contributed by atoms with Gasteiger partial charge in [0.25, 0.3) is 6.10 Å². The molecule has 0 atom stereocenters. The zero-order chi connectivity index (χ0) is 26.7. The maximum absolute atomic E-state index is 14.1. The summed E-state index contributed by atoms with van der Waals surface area (Å²) in [6.07, 6.45) is -13.4. The maximum Gasteiger partial charge on any atom is 0.434 e. The highest BCUT2D eigenvalue weighted by Crippen LogP contribution is 2.38. The minimum Gasteiger partial charge on any atom is -0.492 e. The Morgan fingerprint density at radius 1 is 1.06 bits per heavy atom. The molecule has 1 aromatic carbocycles. The monoisotopic (exact) mass is 528 g/mol. The van der Waals surface area contributed by atoms with E-state index in [2.05, 4.69) is 4.74 Å². The van der Waals surface area contributed by atoms with Crippen LogP contribution >= 0.6 is 0 Å². The number of carbonyl (C=O) groups excluding carboxylic acids is 2. The van der Waals surface area contributed by atoms with E-state index in [1.165, 1.54) is 12.1 Å². The molecule has 13 heteroatoms. The van der Waals surface area contributed by atoms with Crippen LogP contribution in [0.25, 0.3) is 0 Å². The van der Waals surface area contributed by atoms with Crippen molar-refractivity contribution >= 4 is 12.4 Å². The van der Waals surface area contributed by atoms with E-state index in [1.54, 1.807) is 11.8 Å². The van der Waals surface area contributed by atoms with E-state index in [4.69, 9.17) is 4.74 Å². The van der Waals surface area contributed by atoms with Crippen LogP contribution in [0.2, 0.25) is 0 Å². The third-order valence-electron chi connectivity index (χ3n) is 6.51. The average Bonchev–Trinajstić information content (AvgIpc) is 3.25. The summed E-state index contributed by atoms with van der Waals surface area (Å²) in [6, 6.07) is 2.58. The van der Waals surface area contributed by atoms with E-state index in [0.29, 0.717) is 29.7 Å². The number of aldehydes is 1. The molecule has 0 aromatic heterocycles. The van der Waals surface area contributed by atoms with Crippen molar-refractivity contribution in [2.75, 3.05) is 32.8 Å². The lowest BCUT2D eigenvalue weighted by Crippen LogP contribution is -2.52. The van der Waals surface area contributed by atoms with E-state index < -0.39 is 35.8 Å². The van der Waals surface area contributed by atoms with E-state index >= 15 is 0 Å². The predicted octanol–water partition coefficient (Wildman–Crippen LogP) is 5.02. The van der Waals surface area contributed by atoms with Crippen molar-refractivity contribution in [3.63, 3.8) is 0 Å². The SMILES string of the molecule is Cc1cc(F)cc(CN2CCN(C(=O)OC(C(F)(F)F)C(F)(F)F)CC2)c1OCC1(C=O)CCCC1. The fourth-order valence-corrected chi connectivity index (χ4v) is 4.54. The van der Waals surface area contributed by atoms with Gasteiger partial charge in [-0.3, -0.25) is 4.90 Å². The summed E-state index contributed by atoms with van der Waals surface area (Å²) in [6.45, 7) is 1.82. The van der Waals surface area contributed by atoms with Crippen molar-refractivity contribution in [1.29, 1.82) is 0 Å². The molecule has 6 nitrogen and oxygen atoms in total. The minimum absolute atomic E-state index is 0.102. The Kier molecular flexibility index (Phi) is 8.41. The number of nitrogens with zero attached hydrogens (tertiary/aromatic N) is 2. The second kappa shape index (κ2) is 10.8. The molecule has 2 aliphatic rings. The first kappa shape index (κ1) is 28.0. The van der Waals surface area contributed by atoms with Gasteiger partial charge >= 0.3 is 18.4 Å². The van der Waals surface area contributed by atoms with Crippen LogP contribution in [0, 0.1) is 18.2 Å². The molecule has 0 N–H and O–H groups in total. The molecule has 2 fully saturated rings. The Morgan fingerprint density at radius 3 is 2.17 bits per heavy atom. The number of benzene rings is 1. The fraction of sp³-hybridized carbons (Fsp3) is 0.652. The molecule has 0 spiro atoms. The standard InChI is InChI=1S/C23H27F7N2O4/c1-15-10-17(24)11-16(18(15)35-14-21(13-33)4-2-3-5-21)12-31-6-8-32(9-7-31)20(34)36-19(22(25,26)27)23(28,29)30/h10-11,13,19H,2-9,12,14H2,1H3. The Morgan fingerprint density at radius 2 is 1.64 bits per heavy atom. The Hall–Kier alpha value is -2.57. The highest BCUT2D eigenvalue weighted by Gasteiger charge is 2.60. The highest BCUT2D eigenvalue weighted by molar-refractivity contribution is 5.68. The van der Waals surface area contributed by atoms with Crippen LogP contribution in [0.4, 0.5) is 35.5 Å². The van der Waals surface area contributed by atoms with Crippen LogP contribution in [-0.2, 0) is 16.1 Å². The van der Waals surface area contributed by atoms with Gasteiger partial charge in [0.2, 0.25) is 0 Å². The smallest absolute Gasteiger partial charge is 0.434 e. The third kappa shape index (κ3) is 6.80. The summed E-state index contributed by atoms with van der Waals surface area (Å²) in [7, 11) is 0. The Balaban J connectivity index is 1.62. The molecule has 1 saturated carbocycles. The first-order valence-corrected chi connectivity index (χ1v) is 11.4. The quantitative estimate of drug-likeness (QED) is 0.368. The van der Waals surface area contributed by atoms with Gasteiger partial charge < -0.3 is 19.2 Å². The number of piperazine rings is 1. The Labute approximate surface area is 203 Å². The number of aryl methyl sites for hydroxylation is 1. The maximum atomic E-state index is 14.1. The van der Waals surface area contributed by atoms with Gasteiger partial charge in [0.1, 0.15) is 24.5 Å². The number of hydrogen-bond acceptors (Lipinski definition) is 5. The summed E-state index contributed by atoms with van der Waals surface area (Å²) in [4.78, 5) is 26.1. The number of amides is 1. The average molecular weight is 528 g/mol. The van der Waals surface area contributed by atoms with Gasteiger partial charge in [-0.25, -0.2) is 9.18 Å². The normalized spacial score (nSPS) is 19.0. The molecule has 1 saturated heterocycles. The van der Waals surface area contributed by atoms with Crippen LogP contribution in [-0.4, -0.2) is 73.4 Å². The predicted molar refractivity (Wildman–Crippen MR) is 113 cm³/mol. The molecule has 3 rings (SSSR count). The number of alkyl halides is 6. The molecule has 0 bridgehead atoms. The molecular formula is C23H27F7N2O4. The van der Waals surface area contributed by atoms with Crippen molar-refractivity contribution in [3.05, 3.63) is 29.1 Å². The van der Waals surface area contributed by atoms with Crippen molar-refractivity contribution < 1.29 is 49.8 Å². The molecule has 1 heterocycles. The van der Waals surface area contributed by atoms with Gasteiger partial charge in [-0.2, -0.15) is 26.3 Å². The number of carbonyl (C=O) groups is 2. The molecule has 1 aliphatic heterocycles. The zero-order valence-corrected chi connectivity index (χ0v) is 19.6. The number of ether oxygens (including phenoxy) is 2. The summed E-state index contributed by atoms with van der Waals surface area (Å²) in [5, 5.41) is 0. The fourth-order valence-electron chi connectivity index (χ4n) is 4.54. The molecule has 1 aromatic rings. The van der Waals surface area contributed by atoms with Crippen LogP contribution in [0.15, 0.2) is 12.1 Å². The highest BCUT2D eigenvalue weighted by atomic mass is 19.4. The van der Waals surface area contributed by atoms with Crippen molar-refractivity contribution in [2.24, 2.45) is 5.41 Å². The Bertz CT molecular complexity index is 924. The molecule has 1 aliphatic carbocycles. The van der Waals surface area contributed by atoms with Gasteiger partial charge in [0.05, 0.1) is 5.41 Å². The van der Waals surface area contributed by atoms with Crippen molar-refractivity contribution in [2.45, 2.75) is 57.6 Å². The molecule has 202 valence electrons.